The van der Waals surface area contributed by atoms with Gasteiger partial charge in [-0.1, -0.05) is 12.1 Å². The molecule has 0 heterocycles. The van der Waals surface area contributed by atoms with Crippen molar-refractivity contribution in [2.45, 2.75) is 24.3 Å². The van der Waals surface area contributed by atoms with Crippen LogP contribution in [0, 0.1) is 0 Å². The number of ether oxygens (including phenoxy) is 1. The van der Waals surface area contributed by atoms with E-state index in [1.165, 1.54) is 0 Å². The molecular formula is C11H15NO2S. The quantitative estimate of drug-likeness (QED) is 0.601. The topological polar surface area (TPSA) is 52.3 Å². The Hall–Kier alpha value is -1.00. The van der Waals surface area contributed by atoms with Gasteiger partial charge in [-0.25, -0.2) is 0 Å². The molecule has 0 radical (unpaired) electrons. The molecule has 0 amide bonds. The van der Waals surface area contributed by atoms with E-state index in [4.69, 9.17) is 10.5 Å². The summed E-state index contributed by atoms with van der Waals surface area (Å²) < 4.78 is 4.82. The molecule has 1 unspecified atom stereocenters. The summed E-state index contributed by atoms with van der Waals surface area (Å²) in [4.78, 5) is 12.1. The number of hydrogen-bond donors (Lipinski definition) is 2. The summed E-state index contributed by atoms with van der Waals surface area (Å²) in [6.07, 6.45) is 0.479. The Bertz CT molecular complexity index is 341. The van der Waals surface area contributed by atoms with Crippen molar-refractivity contribution in [1.29, 1.82) is 0 Å². The predicted molar refractivity (Wildman–Crippen MR) is 62.0 cm³/mol. The summed E-state index contributed by atoms with van der Waals surface area (Å²) in [5, 5.41) is 0. The van der Waals surface area contributed by atoms with Crippen molar-refractivity contribution >= 4 is 18.6 Å². The first-order chi connectivity index (χ1) is 7.13. The molecule has 1 aromatic rings. The van der Waals surface area contributed by atoms with Crippen LogP contribution < -0.4 is 5.73 Å². The fourth-order valence-electron chi connectivity index (χ4n) is 1.27. The van der Waals surface area contributed by atoms with Crippen LogP contribution in [0.4, 0.5) is 0 Å². The van der Waals surface area contributed by atoms with E-state index < -0.39 is 6.04 Å². The van der Waals surface area contributed by atoms with Crippen LogP contribution in [-0.4, -0.2) is 18.6 Å². The lowest BCUT2D eigenvalue weighted by Crippen LogP contribution is -2.34. The lowest BCUT2D eigenvalue weighted by molar-refractivity contribution is -0.144. The smallest absolute Gasteiger partial charge is 0.323 e. The minimum Gasteiger partial charge on any atom is -0.465 e. The minimum atomic E-state index is -0.597. The number of esters is 1. The molecule has 0 aromatic heterocycles. The first kappa shape index (κ1) is 12.1. The molecule has 0 saturated carbocycles. The maximum Gasteiger partial charge on any atom is 0.323 e. The lowest BCUT2D eigenvalue weighted by Gasteiger charge is -2.10. The van der Waals surface area contributed by atoms with Gasteiger partial charge in [-0.3, -0.25) is 4.79 Å². The van der Waals surface area contributed by atoms with Crippen LogP contribution in [0.1, 0.15) is 12.5 Å². The summed E-state index contributed by atoms with van der Waals surface area (Å²) in [6, 6.07) is 6.97. The summed E-state index contributed by atoms with van der Waals surface area (Å²) in [5.74, 6) is -0.359. The van der Waals surface area contributed by atoms with Crippen molar-refractivity contribution < 1.29 is 9.53 Å². The number of carbonyl (C=O) groups is 1. The molecule has 0 bridgehead atoms. The maximum atomic E-state index is 11.3. The van der Waals surface area contributed by atoms with Gasteiger partial charge in [0.15, 0.2) is 0 Å². The van der Waals surface area contributed by atoms with Crippen LogP contribution >= 0.6 is 12.6 Å². The minimum absolute atomic E-state index is 0.359. The average molecular weight is 225 g/mol. The normalized spacial score (nSPS) is 12.2. The zero-order valence-corrected chi connectivity index (χ0v) is 9.54. The zero-order valence-electron chi connectivity index (χ0n) is 8.64. The number of rotatable bonds is 4. The molecule has 1 atom stereocenters. The van der Waals surface area contributed by atoms with Gasteiger partial charge in [0, 0.05) is 4.90 Å². The van der Waals surface area contributed by atoms with E-state index in [0.29, 0.717) is 13.0 Å². The maximum absolute atomic E-state index is 11.3. The second-order valence-corrected chi connectivity index (χ2v) is 3.75. The number of carbonyl (C=O) groups excluding carboxylic acids is 1. The van der Waals surface area contributed by atoms with E-state index in [-0.39, 0.29) is 5.97 Å². The van der Waals surface area contributed by atoms with Gasteiger partial charge in [0.25, 0.3) is 0 Å². The molecule has 3 nitrogen and oxygen atoms in total. The van der Waals surface area contributed by atoms with Crippen LogP contribution in [-0.2, 0) is 16.0 Å². The monoisotopic (exact) mass is 225 g/mol. The van der Waals surface area contributed by atoms with Gasteiger partial charge in [-0.05, 0) is 31.0 Å². The molecule has 1 rings (SSSR count). The highest BCUT2D eigenvalue weighted by molar-refractivity contribution is 7.80. The molecule has 0 saturated heterocycles. The number of thiol groups is 1. The standard InChI is InChI=1S/C11H15NO2S/c1-2-14-11(13)10(12)7-8-4-3-5-9(15)6-8/h3-6,10,15H,2,7,12H2,1H3. The Kier molecular flexibility index (Phi) is 4.65. The van der Waals surface area contributed by atoms with Crippen LogP contribution in [0.25, 0.3) is 0 Å². The van der Waals surface area contributed by atoms with Gasteiger partial charge in [-0.2, -0.15) is 0 Å². The first-order valence-electron chi connectivity index (χ1n) is 4.83. The van der Waals surface area contributed by atoms with E-state index in [0.717, 1.165) is 10.5 Å². The van der Waals surface area contributed by atoms with Gasteiger partial charge in [0.05, 0.1) is 6.61 Å². The fraction of sp³-hybridized carbons (Fsp3) is 0.364. The van der Waals surface area contributed by atoms with E-state index in [9.17, 15) is 4.79 Å². The molecule has 0 spiro atoms. The van der Waals surface area contributed by atoms with Gasteiger partial charge in [-0.15, -0.1) is 12.6 Å². The Balaban J connectivity index is 2.58. The second-order valence-electron chi connectivity index (χ2n) is 3.23. The molecule has 1 aromatic carbocycles. The third-order valence-electron chi connectivity index (χ3n) is 1.96. The summed E-state index contributed by atoms with van der Waals surface area (Å²) in [6.45, 7) is 2.12. The first-order valence-corrected chi connectivity index (χ1v) is 5.28. The largest absolute Gasteiger partial charge is 0.465 e. The third kappa shape index (κ3) is 3.93. The Labute approximate surface area is 95.0 Å². The molecular weight excluding hydrogens is 210 g/mol. The highest BCUT2D eigenvalue weighted by atomic mass is 32.1. The SMILES string of the molecule is CCOC(=O)C(N)Cc1cccc(S)c1. The highest BCUT2D eigenvalue weighted by Crippen LogP contribution is 2.10. The average Bonchev–Trinajstić information content (AvgIpc) is 2.18. The Morgan fingerprint density at radius 3 is 2.93 bits per heavy atom. The lowest BCUT2D eigenvalue weighted by atomic mass is 10.1. The molecule has 0 aliphatic carbocycles. The van der Waals surface area contributed by atoms with Gasteiger partial charge >= 0.3 is 5.97 Å². The van der Waals surface area contributed by atoms with Crippen LogP contribution in [0.5, 0.6) is 0 Å². The van der Waals surface area contributed by atoms with Crippen molar-refractivity contribution in [3.05, 3.63) is 29.8 Å². The van der Waals surface area contributed by atoms with Crippen LogP contribution in [0.2, 0.25) is 0 Å². The number of nitrogens with two attached hydrogens (primary N) is 1. The Morgan fingerprint density at radius 2 is 2.33 bits per heavy atom. The van der Waals surface area contributed by atoms with Gasteiger partial charge < -0.3 is 10.5 Å². The second kappa shape index (κ2) is 5.78. The van der Waals surface area contributed by atoms with E-state index in [2.05, 4.69) is 12.6 Å². The fourth-order valence-corrected chi connectivity index (χ4v) is 1.52. The Morgan fingerprint density at radius 1 is 1.60 bits per heavy atom. The van der Waals surface area contributed by atoms with Crippen molar-refractivity contribution in [2.24, 2.45) is 5.73 Å². The van der Waals surface area contributed by atoms with Gasteiger partial charge in [0.2, 0.25) is 0 Å². The molecule has 0 aliphatic rings. The summed E-state index contributed by atoms with van der Waals surface area (Å²) in [7, 11) is 0. The molecule has 0 fully saturated rings. The highest BCUT2D eigenvalue weighted by Gasteiger charge is 2.14. The van der Waals surface area contributed by atoms with Crippen molar-refractivity contribution in [3.8, 4) is 0 Å². The van der Waals surface area contributed by atoms with Crippen molar-refractivity contribution in [2.75, 3.05) is 6.61 Å². The van der Waals surface area contributed by atoms with Crippen molar-refractivity contribution in [1.82, 2.24) is 0 Å². The zero-order chi connectivity index (χ0) is 11.3. The predicted octanol–water partition coefficient (Wildman–Crippen LogP) is 1.41. The molecule has 2 N–H and O–H groups in total. The molecule has 82 valence electrons. The van der Waals surface area contributed by atoms with E-state index in [1.807, 2.05) is 24.3 Å². The molecule has 0 aliphatic heterocycles. The van der Waals surface area contributed by atoms with Crippen LogP contribution in [0.3, 0.4) is 0 Å². The summed E-state index contributed by atoms with van der Waals surface area (Å²) >= 11 is 4.21. The third-order valence-corrected chi connectivity index (χ3v) is 2.23. The van der Waals surface area contributed by atoms with E-state index >= 15 is 0 Å². The molecule has 4 heteroatoms. The van der Waals surface area contributed by atoms with Gasteiger partial charge in [0.1, 0.15) is 6.04 Å². The van der Waals surface area contributed by atoms with E-state index in [1.54, 1.807) is 6.92 Å². The van der Waals surface area contributed by atoms with Crippen LogP contribution in [0.15, 0.2) is 29.2 Å². The number of hydrogen-bond acceptors (Lipinski definition) is 4. The summed E-state index contributed by atoms with van der Waals surface area (Å²) in [5.41, 5.74) is 6.67. The number of benzene rings is 1. The van der Waals surface area contributed by atoms with Crippen molar-refractivity contribution in [3.63, 3.8) is 0 Å². The molecule has 15 heavy (non-hydrogen) atoms.